The fourth-order valence-corrected chi connectivity index (χ4v) is 0. The van der Waals surface area contributed by atoms with Gasteiger partial charge in [-0.05, 0) is 0 Å². The predicted molar refractivity (Wildman–Crippen MR) is 7.98 cm³/mol. The molecule has 0 atom stereocenters. The van der Waals surface area contributed by atoms with Gasteiger partial charge in [0.1, 0.15) is 0 Å². The molecule has 0 fully saturated rings. The summed E-state index contributed by atoms with van der Waals surface area (Å²) in [7, 11) is 0. The maximum absolute atomic E-state index is 0. The topological polar surface area (TPSA) is 0 Å². The summed E-state index contributed by atoms with van der Waals surface area (Å²) in [6, 6.07) is 0. The first-order valence-corrected chi connectivity index (χ1v) is 0. The molecule has 33 valence electrons. The van der Waals surface area contributed by atoms with E-state index in [2.05, 4.69) is 0 Å². The number of hydrogen-bond donors (Lipinski definition) is 0. The van der Waals surface area contributed by atoms with Gasteiger partial charge >= 0.3 is 10.1 Å². The van der Waals surface area contributed by atoms with Crippen molar-refractivity contribution in [3.8, 4) is 0 Å². The van der Waals surface area contributed by atoms with Crippen molar-refractivity contribution in [3.05, 3.63) is 0 Å². The SMILES string of the molecule is [Be+2].[Cu].[Fe].[H-].[H-].[Ni]. The monoisotopic (exact) mass is 188 g/mol. The van der Waals surface area contributed by atoms with Crippen molar-refractivity contribution >= 4 is 10.1 Å². The van der Waals surface area contributed by atoms with E-state index in [0.29, 0.717) is 0 Å². The molecule has 0 bridgehead atoms. The van der Waals surface area contributed by atoms with Crippen LogP contribution in [0.15, 0.2) is 0 Å². The first-order chi connectivity index (χ1) is 0. The first kappa shape index (κ1) is 43.5. The van der Waals surface area contributed by atoms with E-state index in [0.717, 1.165) is 0 Å². The minimum absolute atomic E-state index is 0. The summed E-state index contributed by atoms with van der Waals surface area (Å²) in [5, 5.41) is 0. The molecular weight excluding hydrogens is 187 g/mol. The minimum Gasteiger partial charge on any atom is -1.00 e. The average molecular weight is 189 g/mol. The second-order valence-electron chi connectivity index (χ2n) is 0. The van der Waals surface area contributed by atoms with E-state index in [1.807, 2.05) is 0 Å². The third-order valence-electron chi connectivity index (χ3n) is 0. The van der Waals surface area contributed by atoms with Crippen molar-refractivity contribution in [2.75, 3.05) is 0 Å². The Morgan fingerprint density at radius 2 is 1.25 bits per heavy atom. The Morgan fingerprint density at radius 1 is 1.25 bits per heavy atom. The number of hydrogen-bond acceptors (Lipinski definition) is 0. The van der Waals surface area contributed by atoms with Gasteiger partial charge in [-0.15, -0.1) is 0 Å². The van der Waals surface area contributed by atoms with Gasteiger partial charge in [0.05, 0.1) is 0 Å². The van der Waals surface area contributed by atoms with Gasteiger partial charge in [0.2, 0.25) is 0 Å². The molecule has 0 saturated heterocycles. The minimum atomic E-state index is 0. The first-order valence-electron chi connectivity index (χ1n) is 0. The molecule has 0 N–H and O–H groups in total. The molecule has 0 heterocycles. The van der Waals surface area contributed by atoms with Crippen molar-refractivity contribution < 1.29 is 53.5 Å². The Bertz CT molecular complexity index is 13.5. The van der Waals surface area contributed by atoms with Gasteiger partial charge in [0.15, 0.2) is 0 Å². The van der Waals surface area contributed by atoms with Gasteiger partial charge in [-0.25, -0.2) is 0 Å². The molecule has 0 amide bonds. The second-order valence-corrected chi connectivity index (χ2v) is 0. The third kappa shape index (κ3) is 9.33. The molecular formula is H2BeCuFeNi. The van der Waals surface area contributed by atoms with Crippen LogP contribution in [0.3, 0.4) is 0 Å². The predicted octanol–water partition coefficient (Wildman–Crippen LogP) is -0.163. The molecule has 4 heavy (non-hydrogen) atoms. The molecule has 0 aromatic rings. The zero-order valence-corrected chi connectivity index (χ0v) is 4.71. The maximum atomic E-state index is 0. The van der Waals surface area contributed by atoms with E-state index >= 15 is 0 Å². The molecule has 0 nitrogen and oxygen atoms in total. The Hall–Kier alpha value is 1.70. The zero-order valence-electron chi connectivity index (χ0n) is 3.68. The Morgan fingerprint density at radius 3 is 1.25 bits per heavy atom. The summed E-state index contributed by atoms with van der Waals surface area (Å²) in [5.74, 6) is 0. The van der Waals surface area contributed by atoms with Crippen LogP contribution in [0, 0.1) is 0 Å². The average Bonchev–Trinajstić information content (AvgIpc) is 0. The van der Waals surface area contributed by atoms with Crippen LogP contribution in [-0.4, -0.2) is 10.1 Å². The maximum Gasteiger partial charge on any atom is 2.00 e. The van der Waals surface area contributed by atoms with Crippen molar-refractivity contribution in [2.45, 2.75) is 0 Å². The molecule has 4 heteroatoms. The van der Waals surface area contributed by atoms with Gasteiger partial charge in [0, 0.05) is 50.6 Å². The zero-order chi connectivity index (χ0) is 0. The molecule has 0 aromatic carbocycles. The fourth-order valence-electron chi connectivity index (χ4n) is 0. The van der Waals surface area contributed by atoms with E-state index in [-0.39, 0.29) is 63.6 Å². The van der Waals surface area contributed by atoms with Crippen LogP contribution >= 0.6 is 0 Å². The molecule has 0 aromatic heterocycles. The van der Waals surface area contributed by atoms with Crippen LogP contribution in [0.4, 0.5) is 0 Å². The van der Waals surface area contributed by atoms with E-state index in [1.165, 1.54) is 0 Å². The van der Waals surface area contributed by atoms with Gasteiger partial charge in [-0.3, -0.25) is 0 Å². The number of rotatable bonds is 0. The normalized spacial score (nSPS) is 0. The van der Waals surface area contributed by atoms with Crippen molar-refractivity contribution in [1.29, 1.82) is 0 Å². The molecule has 0 unspecified atom stereocenters. The molecule has 0 saturated carbocycles. The Balaban J connectivity index is 0. The molecule has 0 aliphatic heterocycles. The van der Waals surface area contributed by atoms with E-state index < -0.39 is 0 Å². The van der Waals surface area contributed by atoms with E-state index in [1.54, 1.807) is 0 Å². The van der Waals surface area contributed by atoms with Crippen molar-refractivity contribution in [2.24, 2.45) is 0 Å². The fraction of sp³-hybridized carbons (Fsp3) is 0. The van der Waals surface area contributed by atoms with Gasteiger partial charge in [-0.2, -0.15) is 0 Å². The van der Waals surface area contributed by atoms with Crippen molar-refractivity contribution in [1.82, 2.24) is 0 Å². The Kier molecular flexibility index (Phi) is 242. The molecule has 0 rings (SSSR count). The van der Waals surface area contributed by atoms with Crippen molar-refractivity contribution in [3.63, 3.8) is 0 Å². The van der Waals surface area contributed by atoms with Crippen LogP contribution in [0.2, 0.25) is 0 Å². The molecule has 0 aliphatic carbocycles. The molecule has 0 spiro atoms. The largest absolute Gasteiger partial charge is 2.00 e. The Labute approximate surface area is 63.5 Å². The van der Waals surface area contributed by atoms with Gasteiger partial charge in [0.25, 0.3) is 0 Å². The summed E-state index contributed by atoms with van der Waals surface area (Å²) in [4.78, 5) is 0. The summed E-state index contributed by atoms with van der Waals surface area (Å²) in [6.07, 6.45) is 0. The molecule has 1 radical (unpaired) electrons. The van der Waals surface area contributed by atoms with Crippen LogP contribution in [0.1, 0.15) is 2.85 Å². The summed E-state index contributed by atoms with van der Waals surface area (Å²) in [6.45, 7) is 0. The third-order valence-corrected chi connectivity index (χ3v) is 0. The second kappa shape index (κ2) is 22.3. The van der Waals surface area contributed by atoms with Crippen LogP contribution < -0.4 is 0 Å². The summed E-state index contributed by atoms with van der Waals surface area (Å²) < 4.78 is 0. The van der Waals surface area contributed by atoms with Crippen LogP contribution in [0.5, 0.6) is 0 Å². The van der Waals surface area contributed by atoms with Gasteiger partial charge < -0.3 is 2.85 Å². The summed E-state index contributed by atoms with van der Waals surface area (Å²) in [5.41, 5.74) is 0. The van der Waals surface area contributed by atoms with Crippen LogP contribution in [-0.2, 0) is 50.6 Å². The molecule has 0 aliphatic rings. The van der Waals surface area contributed by atoms with Gasteiger partial charge in [-0.1, -0.05) is 0 Å². The quantitative estimate of drug-likeness (QED) is 0.464. The smallest absolute Gasteiger partial charge is 1.00 e. The van der Waals surface area contributed by atoms with Crippen LogP contribution in [0.25, 0.3) is 0 Å². The van der Waals surface area contributed by atoms with E-state index in [9.17, 15) is 0 Å². The van der Waals surface area contributed by atoms with E-state index in [4.69, 9.17) is 0 Å². The summed E-state index contributed by atoms with van der Waals surface area (Å²) >= 11 is 0. The standard InChI is InChI=1S/Be.Cu.Fe.Ni.2H/q+2;;;;2*-1.